The zero-order valence-electron chi connectivity index (χ0n) is 12.9. The molecular formula is C18H24N2O. The summed E-state index contributed by atoms with van der Waals surface area (Å²) in [7, 11) is 0. The molecule has 2 aromatic carbocycles. The highest BCUT2D eigenvalue weighted by Crippen LogP contribution is 2.22. The topological polar surface area (TPSA) is 32.3 Å². The lowest BCUT2D eigenvalue weighted by Crippen LogP contribution is -2.34. The van der Waals surface area contributed by atoms with Crippen molar-refractivity contribution in [2.45, 2.75) is 26.7 Å². The zero-order chi connectivity index (χ0) is 15.1. The Kier molecular flexibility index (Phi) is 5.76. The largest absolute Gasteiger partial charge is 0.324 e. The first-order valence-corrected chi connectivity index (χ1v) is 7.74. The summed E-state index contributed by atoms with van der Waals surface area (Å²) in [5.41, 5.74) is 0.894. The number of hydrogen-bond acceptors (Lipinski definition) is 2. The molecule has 0 heterocycles. The molecule has 0 unspecified atom stereocenters. The van der Waals surface area contributed by atoms with Crippen molar-refractivity contribution < 1.29 is 4.79 Å². The summed E-state index contributed by atoms with van der Waals surface area (Å²) >= 11 is 0. The number of carbonyl (C=O) groups is 1. The lowest BCUT2D eigenvalue weighted by molar-refractivity contribution is -0.117. The first-order chi connectivity index (χ1) is 10.2. The van der Waals surface area contributed by atoms with Gasteiger partial charge in [0.05, 0.1) is 6.54 Å². The van der Waals surface area contributed by atoms with E-state index in [9.17, 15) is 4.79 Å². The first-order valence-electron chi connectivity index (χ1n) is 7.74. The highest BCUT2D eigenvalue weighted by Gasteiger charge is 2.10. The van der Waals surface area contributed by atoms with Gasteiger partial charge in [0.2, 0.25) is 5.91 Å². The van der Waals surface area contributed by atoms with E-state index in [-0.39, 0.29) is 5.91 Å². The van der Waals surface area contributed by atoms with Crippen molar-refractivity contribution in [2.24, 2.45) is 0 Å². The van der Waals surface area contributed by atoms with Crippen LogP contribution in [0.15, 0.2) is 42.5 Å². The van der Waals surface area contributed by atoms with Crippen molar-refractivity contribution >= 4 is 22.4 Å². The van der Waals surface area contributed by atoms with Crippen molar-refractivity contribution in [1.82, 2.24) is 4.90 Å². The second-order valence-electron chi connectivity index (χ2n) is 5.35. The minimum absolute atomic E-state index is 0.0632. The third-order valence-electron chi connectivity index (χ3n) is 3.51. The Labute approximate surface area is 127 Å². The summed E-state index contributed by atoms with van der Waals surface area (Å²) < 4.78 is 0. The van der Waals surface area contributed by atoms with Gasteiger partial charge in [-0.2, -0.15) is 0 Å². The molecule has 1 amide bonds. The van der Waals surface area contributed by atoms with Gasteiger partial charge in [0, 0.05) is 11.1 Å². The monoisotopic (exact) mass is 284 g/mol. The van der Waals surface area contributed by atoms with E-state index in [1.165, 1.54) is 0 Å². The maximum atomic E-state index is 12.3. The van der Waals surface area contributed by atoms with Crippen molar-refractivity contribution in [3.8, 4) is 0 Å². The second kappa shape index (κ2) is 7.79. The molecule has 0 aliphatic rings. The van der Waals surface area contributed by atoms with E-state index in [2.05, 4.69) is 36.2 Å². The smallest absolute Gasteiger partial charge is 0.238 e. The van der Waals surface area contributed by atoms with Crippen LogP contribution in [0.5, 0.6) is 0 Å². The molecular weight excluding hydrogens is 260 g/mol. The van der Waals surface area contributed by atoms with Crippen molar-refractivity contribution in [1.29, 1.82) is 0 Å². The van der Waals surface area contributed by atoms with Crippen LogP contribution in [0.25, 0.3) is 10.8 Å². The van der Waals surface area contributed by atoms with E-state index in [1.54, 1.807) is 0 Å². The Morgan fingerprint density at radius 1 is 1.00 bits per heavy atom. The quantitative estimate of drug-likeness (QED) is 0.836. The van der Waals surface area contributed by atoms with E-state index < -0.39 is 0 Å². The summed E-state index contributed by atoms with van der Waals surface area (Å²) in [5.74, 6) is 0.0632. The molecule has 0 atom stereocenters. The SMILES string of the molecule is CCCN(CCC)CC(=O)Nc1cccc2ccccc12. The van der Waals surface area contributed by atoms with Gasteiger partial charge in [-0.1, -0.05) is 50.2 Å². The summed E-state index contributed by atoms with van der Waals surface area (Å²) in [6, 6.07) is 14.1. The summed E-state index contributed by atoms with van der Waals surface area (Å²) in [6.45, 7) is 6.69. The number of benzene rings is 2. The fraction of sp³-hybridized carbons (Fsp3) is 0.389. The number of carbonyl (C=O) groups excluding carboxylic acids is 1. The number of nitrogens with zero attached hydrogens (tertiary/aromatic N) is 1. The van der Waals surface area contributed by atoms with Crippen LogP contribution in [0.4, 0.5) is 5.69 Å². The number of anilines is 1. The molecule has 112 valence electrons. The molecule has 0 spiro atoms. The molecule has 3 heteroatoms. The molecule has 0 fully saturated rings. The number of fused-ring (bicyclic) bond motifs is 1. The highest BCUT2D eigenvalue weighted by molar-refractivity contribution is 6.02. The lowest BCUT2D eigenvalue weighted by Gasteiger charge is -2.20. The Bertz CT molecular complexity index is 583. The van der Waals surface area contributed by atoms with Crippen LogP contribution >= 0.6 is 0 Å². The van der Waals surface area contributed by atoms with Crippen molar-refractivity contribution in [2.75, 3.05) is 25.0 Å². The average molecular weight is 284 g/mol. The summed E-state index contributed by atoms with van der Waals surface area (Å²) in [5, 5.41) is 5.29. The fourth-order valence-electron chi connectivity index (χ4n) is 2.63. The van der Waals surface area contributed by atoms with Gasteiger partial charge in [0.1, 0.15) is 0 Å². The van der Waals surface area contributed by atoms with Crippen LogP contribution in [0.3, 0.4) is 0 Å². The summed E-state index contributed by atoms with van der Waals surface area (Å²) in [6.07, 6.45) is 2.14. The van der Waals surface area contributed by atoms with Gasteiger partial charge >= 0.3 is 0 Å². The molecule has 2 aromatic rings. The van der Waals surface area contributed by atoms with Crippen LogP contribution in [0, 0.1) is 0 Å². The number of amides is 1. The molecule has 0 saturated heterocycles. The predicted molar refractivity (Wildman–Crippen MR) is 89.6 cm³/mol. The van der Waals surface area contributed by atoms with Gasteiger partial charge in [-0.15, -0.1) is 0 Å². The maximum Gasteiger partial charge on any atom is 0.238 e. The minimum Gasteiger partial charge on any atom is -0.324 e. The first kappa shape index (κ1) is 15.5. The molecule has 3 nitrogen and oxygen atoms in total. The molecule has 0 radical (unpaired) electrons. The Hall–Kier alpha value is -1.87. The van der Waals surface area contributed by atoms with Crippen LogP contribution in [0.2, 0.25) is 0 Å². The van der Waals surface area contributed by atoms with E-state index in [0.29, 0.717) is 6.54 Å². The third-order valence-corrected chi connectivity index (χ3v) is 3.51. The molecule has 0 aliphatic heterocycles. The standard InChI is InChI=1S/C18H24N2O/c1-3-12-20(13-4-2)14-18(21)19-17-11-7-9-15-8-5-6-10-16(15)17/h5-11H,3-4,12-14H2,1-2H3,(H,19,21). The van der Waals surface area contributed by atoms with Gasteiger partial charge < -0.3 is 5.32 Å². The molecule has 0 bridgehead atoms. The van der Waals surface area contributed by atoms with E-state index >= 15 is 0 Å². The predicted octanol–water partition coefficient (Wildman–Crippen LogP) is 3.90. The normalized spacial score (nSPS) is 11.0. The van der Waals surface area contributed by atoms with Crippen LogP contribution < -0.4 is 5.32 Å². The number of rotatable bonds is 7. The Balaban J connectivity index is 2.07. The van der Waals surface area contributed by atoms with E-state index in [0.717, 1.165) is 42.4 Å². The van der Waals surface area contributed by atoms with Gasteiger partial charge in [0.15, 0.2) is 0 Å². The van der Waals surface area contributed by atoms with Crippen molar-refractivity contribution in [3.63, 3.8) is 0 Å². The fourth-order valence-corrected chi connectivity index (χ4v) is 2.63. The van der Waals surface area contributed by atoms with Crippen LogP contribution in [-0.2, 0) is 4.79 Å². The molecule has 21 heavy (non-hydrogen) atoms. The highest BCUT2D eigenvalue weighted by atomic mass is 16.2. The molecule has 0 aliphatic carbocycles. The van der Waals surface area contributed by atoms with Gasteiger partial charge in [-0.3, -0.25) is 9.69 Å². The van der Waals surface area contributed by atoms with E-state index in [1.807, 2.05) is 30.3 Å². The molecule has 0 aromatic heterocycles. The average Bonchev–Trinajstić information content (AvgIpc) is 2.48. The van der Waals surface area contributed by atoms with Crippen LogP contribution in [0.1, 0.15) is 26.7 Å². The second-order valence-corrected chi connectivity index (χ2v) is 5.35. The lowest BCUT2D eigenvalue weighted by atomic mass is 10.1. The van der Waals surface area contributed by atoms with Gasteiger partial charge in [0.25, 0.3) is 0 Å². The van der Waals surface area contributed by atoms with Gasteiger partial charge in [-0.05, 0) is 37.4 Å². The molecule has 2 rings (SSSR count). The van der Waals surface area contributed by atoms with E-state index in [4.69, 9.17) is 0 Å². The number of nitrogens with one attached hydrogen (secondary N) is 1. The third kappa shape index (κ3) is 4.30. The summed E-state index contributed by atoms with van der Waals surface area (Å²) in [4.78, 5) is 14.5. The zero-order valence-corrected chi connectivity index (χ0v) is 12.9. The van der Waals surface area contributed by atoms with Gasteiger partial charge in [-0.25, -0.2) is 0 Å². The van der Waals surface area contributed by atoms with Crippen molar-refractivity contribution in [3.05, 3.63) is 42.5 Å². The Morgan fingerprint density at radius 2 is 1.67 bits per heavy atom. The minimum atomic E-state index is 0.0632. The molecule has 1 N–H and O–H groups in total. The molecule has 0 saturated carbocycles. The van der Waals surface area contributed by atoms with Crippen LogP contribution in [-0.4, -0.2) is 30.4 Å². The number of hydrogen-bond donors (Lipinski definition) is 1. The maximum absolute atomic E-state index is 12.3. The Morgan fingerprint density at radius 3 is 2.38 bits per heavy atom.